The summed E-state index contributed by atoms with van der Waals surface area (Å²) < 4.78 is 1.99. The predicted octanol–water partition coefficient (Wildman–Crippen LogP) is 2.07. The van der Waals surface area contributed by atoms with Gasteiger partial charge in [-0.15, -0.1) is 16.7 Å². The Labute approximate surface area is 109 Å². The number of nitro groups is 1. The van der Waals surface area contributed by atoms with E-state index in [-0.39, 0.29) is 11.6 Å². The molecule has 0 N–H and O–H groups in total. The highest BCUT2D eigenvalue weighted by Crippen LogP contribution is 2.26. The maximum atomic E-state index is 10.7. The number of benzene rings is 1. The molecule has 2 aromatic rings. The van der Waals surface area contributed by atoms with Crippen LogP contribution in [0.4, 0.5) is 5.69 Å². The van der Waals surface area contributed by atoms with E-state index >= 15 is 0 Å². The molecular weight excluding hydrogens is 313 g/mol. The molecule has 0 amide bonds. The second-order valence-corrected chi connectivity index (χ2v) is 4.15. The number of non-ortho nitro benzene ring substituents is 1. The van der Waals surface area contributed by atoms with Crippen molar-refractivity contribution in [2.45, 2.75) is 5.88 Å². The third kappa shape index (κ3) is 2.27. The van der Waals surface area contributed by atoms with Gasteiger partial charge in [0.05, 0.1) is 16.5 Å². The number of hydrogen-bond donors (Lipinski definition) is 0. The first kappa shape index (κ1) is 11.9. The summed E-state index contributed by atoms with van der Waals surface area (Å²) in [5, 5.41) is 21.6. The number of hydrogen-bond acceptors (Lipinski definition) is 5. The van der Waals surface area contributed by atoms with Crippen LogP contribution in [-0.2, 0) is 5.88 Å². The van der Waals surface area contributed by atoms with E-state index in [9.17, 15) is 10.1 Å². The number of rotatable bonds is 3. The molecule has 0 saturated heterocycles. The first-order chi connectivity index (χ1) is 8.13. The van der Waals surface area contributed by atoms with Crippen LogP contribution in [0.5, 0.6) is 0 Å². The van der Waals surface area contributed by atoms with Gasteiger partial charge >= 0.3 is 0 Å². The van der Waals surface area contributed by atoms with Gasteiger partial charge in [-0.3, -0.25) is 10.1 Å². The van der Waals surface area contributed by atoms with Crippen molar-refractivity contribution in [1.29, 1.82) is 0 Å². The Balaban J connectivity index is 2.58. The lowest BCUT2D eigenvalue weighted by molar-refractivity contribution is -0.384. The number of tetrazole rings is 1. The lowest BCUT2D eigenvalue weighted by Gasteiger charge is -2.04. The Morgan fingerprint density at radius 1 is 1.53 bits per heavy atom. The van der Waals surface area contributed by atoms with Crippen LogP contribution in [0.15, 0.2) is 22.7 Å². The fourth-order valence-corrected chi connectivity index (χ4v) is 1.83. The van der Waals surface area contributed by atoms with Crippen molar-refractivity contribution in [2.24, 2.45) is 0 Å². The number of alkyl halides is 1. The van der Waals surface area contributed by atoms with Crippen LogP contribution in [-0.4, -0.2) is 25.1 Å². The number of nitro benzene ring substituents is 1. The average molecular weight is 319 g/mol. The zero-order valence-corrected chi connectivity index (χ0v) is 10.6. The Kier molecular flexibility index (Phi) is 3.34. The molecule has 0 unspecified atom stereocenters. The molecule has 0 fully saturated rings. The minimum Gasteiger partial charge on any atom is -0.258 e. The molecule has 9 heteroatoms. The molecule has 88 valence electrons. The molecule has 0 aliphatic carbocycles. The third-order valence-corrected chi connectivity index (χ3v) is 2.93. The molecule has 2 rings (SSSR count). The summed E-state index contributed by atoms with van der Waals surface area (Å²) in [6.45, 7) is 0. The van der Waals surface area contributed by atoms with Crippen molar-refractivity contribution in [3.8, 4) is 5.69 Å². The first-order valence-corrected chi connectivity index (χ1v) is 5.73. The van der Waals surface area contributed by atoms with E-state index in [1.165, 1.54) is 16.8 Å². The van der Waals surface area contributed by atoms with Gasteiger partial charge in [0.15, 0.2) is 5.82 Å². The highest BCUT2D eigenvalue weighted by atomic mass is 79.9. The van der Waals surface area contributed by atoms with E-state index in [4.69, 9.17) is 11.6 Å². The SMILES string of the molecule is O=[N+]([O-])c1ccc(Br)c(-n2nnnc2CCl)c1. The Morgan fingerprint density at radius 2 is 2.29 bits per heavy atom. The normalized spacial score (nSPS) is 10.5. The Bertz CT molecular complexity index is 573. The fraction of sp³-hybridized carbons (Fsp3) is 0.125. The molecule has 0 radical (unpaired) electrons. The van der Waals surface area contributed by atoms with E-state index in [0.29, 0.717) is 16.0 Å². The summed E-state index contributed by atoms with van der Waals surface area (Å²) in [4.78, 5) is 10.2. The van der Waals surface area contributed by atoms with Crippen molar-refractivity contribution in [2.75, 3.05) is 0 Å². The summed E-state index contributed by atoms with van der Waals surface area (Å²) in [7, 11) is 0. The second kappa shape index (κ2) is 4.76. The maximum Gasteiger partial charge on any atom is 0.271 e. The van der Waals surface area contributed by atoms with E-state index < -0.39 is 4.92 Å². The van der Waals surface area contributed by atoms with E-state index in [1.807, 2.05) is 0 Å². The Morgan fingerprint density at radius 3 is 2.94 bits per heavy atom. The van der Waals surface area contributed by atoms with E-state index in [2.05, 4.69) is 31.5 Å². The van der Waals surface area contributed by atoms with Gasteiger partial charge < -0.3 is 0 Å². The number of aromatic nitrogens is 4. The van der Waals surface area contributed by atoms with Crippen molar-refractivity contribution >= 4 is 33.2 Å². The van der Waals surface area contributed by atoms with Gasteiger partial charge in [0.1, 0.15) is 0 Å². The van der Waals surface area contributed by atoms with Gasteiger partial charge in [-0.25, -0.2) is 0 Å². The minimum atomic E-state index is -0.485. The molecule has 1 aromatic heterocycles. The standard InChI is InChI=1S/C8H5BrClN5O2/c9-6-2-1-5(15(16)17)3-7(6)14-8(4-10)11-12-13-14/h1-3H,4H2. The molecule has 0 atom stereocenters. The van der Waals surface area contributed by atoms with Crippen LogP contribution in [0.2, 0.25) is 0 Å². The zero-order valence-electron chi connectivity index (χ0n) is 8.25. The fourth-order valence-electron chi connectivity index (χ4n) is 1.25. The summed E-state index contributed by atoms with van der Waals surface area (Å²) in [5.41, 5.74) is 0.430. The topological polar surface area (TPSA) is 86.7 Å². The molecule has 0 aliphatic heterocycles. The van der Waals surface area contributed by atoms with Crippen LogP contribution in [0.1, 0.15) is 5.82 Å². The largest absolute Gasteiger partial charge is 0.271 e. The van der Waals surface area contributed by atoms with Crippen LogP contribution < -0.4 is 0 Å². The van der Waals surface area contributed by atoms with Gasteiger partial charge in [0.25, 0.3) is 5.69 Å². The molecule has 0 saturated carbocycles. The smallest absolute Gasteiger partial charge is 0.258 e. The van der Waals surface area contributed by atoms with Crippen LogP contribution in [0, 0.1) is 10.1 Å². The molecule has 17 heavy (non-hydrogen) atoms. The highest BCUT2D eigenvalue weighted by molar-refractivity contribution is 9.10. The third-order valence-electron chi connectivity index (χ3n) is 2.02. The number of halogens is 2. The van der Waals surface area contributed by atoms with Gasteiger partial charge in [0, 0.05) is 16.6 Å². The maximum absolute atomic E-state index is 10.7. The monoisotopic (exact) mass is 317 g/mol. The van der Waals surface area contributed by atoms with Crippen LogP contribution >= 0.6 is 27.5 Å². The van der Waals surface area contributed by atoms with Crippen molar-refractivity contribution in [1.82, 2.24) is 20.2 Å². The second-order valence-electron chi connectivity index (χ2n) is 3.03. The molecule has 1 aromatic carbocycles. The summed E-state index contributed by atoms with van der Waals surface area (Å²) in [5.74, 6) is 0.523. The van der Waals surface area contributed by atoms with Crippen LogP contribution in [0.25, 0.3) is 5.69 Å². The van der Waals surface area contributed by atoms with E-state index in [1.54, 1.807) is 6.07 Å². The molecule has 1 heterocycles. The summed E-state index contributed by atoms with van der Waals surface area (Å²) in [6.07, 6.45) is 0. The molecule has 7 nitrogen and oxygen atoms in total. The van der Waals surface area contributed by atoms with Gasteiger partial charge in [-0.05, 0) is 32.4 Å². The highest BCUT2D eigenvalue weighted by Gasteiger charge is 2.14. The Hall–Kier alpha value is -1.54. The van der Waals surface area contributed by atoms with Crippen LogP contribution in [0.3, 0.4) is 0 Å². The molecular formula is C8H5BrClN5O2. The summed E-state index contributed by atoms with van der Waals surface area (Å²) in [6, 6.07) is 4.32. The van der Waals surface area contributed by atoms with Gasteiger partial charge in [0.2, 0.25) is 0 Å². The van der Waals surface area contributed by atoms with Crippen molar-refractivity contribution < 1.29 is 4.92 Å². The molecule has 0 aliphatic rings. The van der Waals surface area contributed by atoms with Gasteiger partial charge in [-0.1, -0.05) is 0 Å². The van der Waals surface area contributed by atoms with Crippen molar-refractivity contribution in [3.63, 3.8) is 0 Å². The average Bonchev–Trinajstić information content (AvgIpc) is 2.77. The molecule has 0 spiro atoms. The lowest BCUT2D eigenvalue weighted by Crippen LogP contribution is -2.03. The van der Waals surface area contributed by atoms with Crippen molar-refractivity contribution in [3.05, 3.63) is 38.6 Å². The molecule has 0 bridgehead atoms. The quantitative estimate of drug-likeness (QED) is 0.491. The first-order valence-electron chi connectivity index (χ1n) is 4.41. The lowest BCUT2D eigenvalue weighted by atomic mass is 10.3. The zero-order chi connectivity index (χ0) is 12.4. The van der Waals surface area contributed by atoms with Gasteiger partial charge in [-0.2, -0.15) is 4.68 Å². The summed E-state index contributed by atoms with van der Waals surface area (Å²) >= 11 is 8.95. The number of nitrogens with zero attached hydrogens (tertiary/aromatic N) is 5. The van der Waals surface area contributed by atoms with E-state index in [0.717, 1.165) is 0 Å². The predicted molar refractivity (Wildman–Crippen MR) is 63.1 cm³/mol. The minimum absolute atomic E-state index is 0.0424.